The number of rotatable bonds is 7. The summed E-state index contributed by atoms with van der Waals surface area (Å²) in [6, 6.07) is 6.17. The van der Waals surface area contributed by atoms with Crippen molar-refractivity contribution in [3.05, 3.63) is 29.3 Å². The van der Waals surface area contributed by atoms with Crippen LogP contribution in [-0.2, 0) is 14.3 Å². The molecular weight excluding hydrogens is 274 g/mol. The normalized spacial score (nSPS) is 10.2. The van der Waals surface area contributed by atoms with Crippen molar-refractivity contribution in [3.8, 4) is 0 Å². The van der Waals surface area contributed by atoms with Crippen LogP contribution in [0.4, 0.5) is 0 Å². The number of aryl methyl sites for hydroxylation is 2. The quantitative estimate of drug-likeness (QED) is 0.477. The summed E-state index contributed by atoms with van der Waals surface area (Å²) in [5, 5.41) is 2.79. The number of thioether (sulfide) groups is 1. The highest BCUT2D eigenvalue weighted by atomic mass is 32.2. The van der Waals surface area contributed by atoms with E-state index >= 15 is 0 Å². The first kappa shape index (κ1) is 16.6. The Balaban J connectivity index is 2.22. The SMILES string of the molecule is COC(=O)CCCNC(=O)CSc1ccc(C)c(C)c1. The molecule has 0 unspecified atom stereocenters. The number of hydrogen-bond acceptors (Lipinski definition) is 4. The molecule has 0 aromatic heterocycles. The van der Waals surface area contributed by atoms with Gasteiger partial charge in [-0.1, -0.05) is 6.07 Å². The minimum atomic E-state index is -0.247. The van der Waals surface area contributed by atoms with Crippen LogP contribution in [0.1, 0.15) is 24.0 Å². The Morgan fingerprint density at radius 2 is 2.00 bits per heavy atom. The van der Waals surface area contributed by atoms with E-state index in [0.29, 0.717) is 25.1 Å². The van der Waals surface area contributed by atoms with Crippen LogP contribution in [0.15, 0.2) is 23.1 Å². The minimum Gasteiger partial charge on any atom is -0.469 e. The van der Waals surface area contributed by atoms with Crippen LogP contribution >= 0.6 is 11.8 Å². The van der Waals surface area contributed by atoms with E-state index in [-0.39, 0.29) is 11.9 Å². The smallest absolute Gasteiger partial charge is 0.305 e. The van der Waals surface area contributed by atoms with E-state index in [1.807, 2.05) is 6.07 Å². The molecule has 20 heavy (non-hydrogen) atoms. The molecule has 1 amide bonds. The van der Waals surface area contributed by atoms with Gasteiger partial charge in [-0.15, -0.1) is 11.8 Å². The van der Waals surface area contributed by atoms with Gasteiger partial charge >= 0.3 is 5.97 Å². The molecule has 0 atom stereocenters. The van der Waals surface area contributed by atoms with Gasteiger partial charge in [0.15, 0.2) is 0 Å². The van der Waals surface area contributed by atoms with Crippen LogP contribution in [0.3, 0.4) is 0 Å². The van der Waals surface area contributed by atoms with Crippen molar-refractivity contribution in [2.45, 2.75) is 31.6 Å². The van der Waals surface area contributed by atoms with Gasteiger partial charge in [-0.3, -0.25) is 9.59 Å². The van der Waals surface area contributed by atoms with Crippen LogP contribution in [-0.4, -0.2) is 31.3 Å². The molecule has 0 saturated heterocycles. The number of methoxy groups -OCH3 is 1. The highest BCUT2D eigenvalue weighted by molar-refractivity contribution is 8.00. The Kier molecular flexibility index (Phi) is 7.15. The molecule has 1 rings (SSSR count). The van der Waals surface area contributed by atoms with Gasteiger partial charge in [0, 0.05) is 17.9 Å². The lowest BCUT2D eigenvalue weighted by Gasteiger charge is -2.06. The van der Waals surface area contributed by atoms with Gasteiger partial charge in [0.25, 0.3) is 0 Å². The van der Waals surface area contributed by atoms with Crippen LogP contribution in [0.2, 0.25) is 0 Å². The van der Waals surface area contributed by atoms with Crippen molar-refractivity contribution in [1.82, 2.24) is 5.32 Å². The predicted octanol–water partition coefficient (Wildman–Crippen LogP) is 2.46. The summed E-state index contributed by atoms with van der Waals surface area (Å²) in [5.74, 6) is 0.127. The molecule has 0 bridgehead atoms. The number of ether oxygens (including phenoxy) is 1. The maximum absolute atomic E-state index is 11.6. The van der Waals surface area contributed by atoms with Crippen molar-refractivity contribution in [1.29, 1.82) is 0 Å². The van der Waals surface area contributed by atoms with Crippen molar-refractivity contribution >= 4 is 23.6 Å². The third-order valence-electron chi connectivity index (χ3n) is 2.96. The molecule has 0 fully saturated rings. The number of nitrogens with one attached hydrogen (secondary N) is 1. The summed E-state index contributed by atoms with van der Waals surface area (Å²) >= 11 is 1.52. The number of esters is 1. The molecule has 1 aromatic carbocycles. The minimum absolute atomic E-state index is 0.0157. The zero-order valence-electron chi connectivity index (χ0n) is 12.2. The Hall–Kier alpha value is -1.49. The van der Waals surface area contributed by atoms with Gasteiger partial charge in [-0.25, -0.2) is 0 Å². The van der Waals surface area contributed by atoms with E-state index in [4.69, 9.17) is 0 Å². The van der Waals surface area contributed by atoms with Gasteiger partial charge in [0.1, 0.15) is 0 Å². The molecule has 4 nitrogen and oxygen atoms in total. The second-order valence-electron chi connectivity index (χ2n) is 4.56. The van der Waals surface area contributed by atoms with Crippen LogP contribution in [0, 0.1) is 13.8 Å². The largest absolute Gasteiger partial charge is 0.469 e. The van der Waals surface area contributed by atoms with Gasteiger partial charge in [0.2, 0.25) is 5.91 Å². The van der Waals surface area contributed by atoms with Gasteiger partial charge in [-0.05, 0) is 43.5 Å². The lowest BCUT2D eigenvalue weighted by Crippen LogP contribution is -2.26. The van der Waals surface area contributed by atoms with Crippen molar-refractivity contribution < 1.29 is 14.3 Å². The summed E-state index contributed by atoms with van der Waals surface area (Å²) in [6.07, 6.45) is 0.938. The van der Waals surface area contributed by atoms with E-state index in [9.17, 15) is 9.59 Å². The zero-order chi connectivity index (χ0) is 15.0. The fourth-order valence-corrected chi connectivity index (χ4v) is 2.39. The lowest BCUT2D eigenvalue weighted by atomic mass is 10.1. The molecule has 0 aliphatic rings. The van der Waals surface area contributed by atoms with E-state index in [1.54, 1.807) is 0 Å². The Labute approximate surface area is 124 Å². The van der Waals surface area contributed by atoms with Gasteiger partial charge in [0.05, 0.1) is 12.9 Å². The molecule has 0 aliphatic heterocycles. The van der Waals surface area contributed by atoms with E-state index < -0.39 is 0 Å². The molecule has 0 aliphatic carbocycles. The molecule has 0 saturated carbocycles. The fraction of sp³-hybridized carbons (Fsp3) is 0.467. The predicted molar refractivity (Wildman–Crippen MR) is 80.9 cm³/mol. The highest BCUT2D eigenvalue weighted by Gasteiger charge is 2.04. The van der Waals surface area contributed by atoms with Crippen molar-refractivity contribution in [2.24, 2.45) is 0 Å². The summed E-state index contributed by atoms with van der Waals surface area (Å²) in [4.78, 5) is 23.6. The Morgan fingerprint density at radius 3 is 2.65 bits per heavy atom. The first-order valence-corrected chi connectivity index (χ1v) is 7.55. The van der Waals surface area contributed by atoms with E-state index in [2.05, 4.69) is 36.0 Å². The molecule has 110 valence electrons. The molecule has 0 spiro atoms. The number of benzene rings is 1. The molecule has 1 aromatic rings. The average molecular weight is 295 g/mol. The topological polar surface area (TPSA) is 55.4 Å². The lowest BCUT2D eigenvalue weighted by molar-refractivity contribution is -0.140. The molecule has 0 heterocycles. The van der Waals surface area contributed by atoms with E-state index in [1.165, 1.54) is 30.0 Å². The fourth-order valence-electron chi connectivity index (χ4n) is 1.57. The maximum Gasteiger partial charge on any atom is 0.305 e. The first-order chi connectivity index (χ1) is 9.52. The number of carbonyl (C=O) groups excluding carboxylic acids is 2. The molecule has 1 N–H and O–H groups in total. The monoisotopic (exact) mass is 295 g/mol. The van der Waals surface area contributed by atoms with Crippen LogP contribution in [0.25, 0.3) is 0 Å². The van der Waals surface area contributed by atoms with Crippen molar-refractivity contribution in [3.63, 3.8) is 0 Å². The summed E-state index contributed by atoms with van der Waals surface area (Å²) < 4.78 is 4.53. The van der Waals surface area contributed by atoms with Crippen LogP contribution < -0.4 is 5.32 Å². The Bertz CT molecular complexity index is 474. The van der Waals surface area contributed by atoms with Crippen molar-refractivity contribution in [2.75, 3.05) is 19.4 Å². The van der Waals surface area contributed by atoms with Crippen LogP contribution in [0.5, 0.6) is 0 Å². The Morgan fingerprint density at radius 1 is 1.25 bits per heavy atom. The third-order valence-corrected chi connectivity index (χ3v) is 3.95. The molecule has 0 radical (unpaired) electrons. The summed E-state index contributed by atoms with van der Waals surface area (Å²) in [7, 11) is 1.36. The summed E-state index contributed by atoms with van der Waals surface area (Å²) in [5.41, 5.74) is 2.48. The standard InChI is InChI=1S/C15H21NO3S/c1-11-6-7-13(9-12(11)2)20-10-14(17)16-8-4-5-15(18)19-3/h6-7,9H,4-5,8,10H2,1-3H3,(H,16,17). The number of amides is 1. The second kappa shape index (κ2) is 8.64. The zero-order valence-corrected chi connectivity index (χ0v) is 13.0. The number of hydrogen-bond donors (Lipinski definition) is 1. The number of carbonyl (C=O) groups is 2. The average Bonchev–Trinajstić information content (AvgIpc) is 2.44. The molecular formula is C15H21NO3S. The highest BCUT2D eigenvalue weighted by Crippen LogP contribution is 2.20. The third kappa shape index (κ3) is 6.10. The first-order valence-electron chi connectivity index (χ1n) is 6.56. The van der Waals surface area contributed by atoms with Gasteiger partial charge < -0.3 is 10.1 Å². The van der Waals surface area contributed by atoms with E-state index in [0.717, 1.165) is 4.90 Å². The maximum atomic E-state index is 11.6. The van der Waals surface area contributed by atoms with Gasteiger partial charge in [-0.2, -0.15) is 0 Å². The second-order valence-corrected chi connectivity index (χ2v) is 5.61. The molecule has 5 heteroatoms. The summed E-state index contributed by atoms with van der Waals surface area (Å²) in [6.45, 7) is 4.63.